The van der Waals surface area contributed by atoms with Crippen LogP contribution in [0.25, 0.3) is 0 Å². The van der Waals surface area contributed by atoms with Gasteiger partial charge in [-0.25, -0.2) is 4.21 Å². The van der Waals surface area contributed by atoms with Gasteiger partial charge in [0.15, 0.2) is 0 Å². The molecule has 0 aromatic carbocycles. The number of halogens is 1. The van der Waals surface area contributed by atoms with Crippen molar-refractivity contribution in [2.75, 3.05) is 11.5 Å². The van der Waals surface area contributed by atoms with Crippen molar-refractivity contribution in [3.05, 3.63) is 5.89 Å². The molecule has 5 nitrogen and oxygen atoms in total. The van der Waals surface area contributed by atoms with Crippen LogP contribution in [0.3, 0.4) is 0 Å². The second-order valence-electron chi connectivity index (χ2n) is 3.09. The molecule has 0 bridgehead atoms. The van der Waals surface area contributed by atoms with E-state index < -0.39 is 9.73 Å². The first kappa shape index (κ1) is 9.92. The van der Waals surface area contributed by atoms with E-state index in [0.717, 1.165) is 12.8 Å². The highest BCUT2D eigenvalue weighted by molar-refractivity contribution is 7.93. The monoisotopic (exact) mass is 235 g/mol. The standard InChI is InChI=1S/C7H10ClN3O2S/c8-5-6-9-10-7(13-6)11-14(12)3-1-2-4-14/h1-5H2. The Morgan fingerprint density at radius 3 is 2.71 bits per heavy atom. The number of alkyl halides is 1. The predicted molar refractivity (Wildman–Crippen MR) is 53.1 cm³/mol. The Bertz CT molecular complexity index is 424. The quantitative estimate of drug-likeness (QED) is 0.732. The molecule has 1 saturated heterocycles. The molecule has 14 heavy (non-hydrogen) atoms. The van der Waals surface area contributed by atoms with Crippen LogP contribution in [0.4, 0.5) is 6.01 Å². The fraction of sp³-hybridized carbons (Fsp3) is 0.714. The molecule has 0 aliphatic carbocycles. The maximum absolute atomic E-state index is 11.9. The second-order valence-corrected chi connectivity index (χ2v) is 5.90. The summed E-state index contributed by atoms with van der Waals surface area (Å²) in [6.45, 7) is 0. The van der Waals surface area contributed by atoms with Gasteiger partial charge in [0.25, 0.3) is 0 Å². The van der Waals surface area contributed by atoms with E-state index in [2.05, 4.69) is 14.6 Å². The molecule has 0 unspecified atom stereocenters. The molecule has 78 valence electrons. The summed E-state index contributed by atoms with van der Waals surface area (Å²) < 4.78 is 21.0. The van der Waals surface area contributed by atoms with Crippen LogP contribution >= 0.6 is 11.6 Å². The summed E-state index contributed by atoms with van der Waals surface area (Å²) in [5, 5.41) is 7.29. The largest absolute Gasteiger partial charge is 0.405 e. The highest BCUT2D eigenvalue weighted by atomic mass is 35.5. The number of nitrogens with zero attached hydrogens (tertiary/aromatic N) is 3. The van der Waals surface area contributed by atoms with Gasteiger partial charge in [-0.2, -0.15) is 0 Å². The minimum atomic E-state index is -2.12. The summed E-state index contributed by atoms with van der Waals surface area (Å²) in [5.41, 5.74) is 0. The van der Waals surface area contributed by atoms with E-state index in [4.69, 9.17) is 16.0 Å². The van der Waals surface area contributed by atoms with Gasteiger partial charge in [-0.15, -0.1) is 21.1 Å². The van der Waals surface area contributed by atoms with E-state index in [1.54, 1.807) is 0 Å². The average molecular weight is 236 g/mol. The zero-order valence-corrected chi connectivity index (χ0v) is 9.05. The Hall–Kier alpha value is -0.620. The van der Waals surface area contributed by atoms with Crippen LogP contribution in [-0.2, 0) is 15.6 Å². The zero-order valence-electron chi connectivity index (χ0n) is 7.48. The summed E-state index contributed by atoms with van der Waals surface area (Å²) in [4.78, 5) is 0. The Balaban J connectivity index is 2.28. The Morgan fingerprint density at radius 2 is 2.14 bits per heavy atom. The minimum Gasteiger partial charge on any atom is -0.405 e. The van der Waals surface area contributed by atoms with Crippen LogP contribution in [0.5, 0.6) is 0 Å². The average Bonchev–Trinajstić information content (AvgIpc) is 2.75. The fourth-order valence-electron chi connectivity index (χ4n) is 1.33. The third-order valence-corrected chi connectivity index (χ3v) is 4.56. The van der Waals surface area contributed by atoms with E-state index in [1.807, 2.05) is 0 Å². The first-order valence-electron chi connectivity index (χ1n) is 4.33. The molecule has 0 N–H and O–H groups in total. The summed E-state index contributed by atoms with van der Waals surface area (Å²) in [7, 11) is -2.12. The number of hydrogen-bond acceptors (Lipinski definition) is 5. The molecule has 0 atom stereocenters. The first-order valence-corrected chi connectivity index (χ1v) is 6.71. The third kappa shape index (κ3) is 2.06. The van der Waals surface area contributed by atoms with Crippen molar-refractivity contribution >= 4 is 27.3 Å². The van der Waals surface area contributed by atoms with Gasteiger partial charge in [0.2, 0.25) is 5.89 Å². The SMILES string of the molecule is O=S1(=Nc2nnc(CCl)o2)CCCC1. The van der Waals surface area contributed by atoms with Gasteiger partial charge in [-0.3, -0.25) is 0 Å². The number of rotatable bonds is 2. The summed E-state index contributed by atoms with van der Waals surface area (Å²) in [6, 6.07) is 0.0903. The molecule has 1 fully saturated rings. The lowest BCUT2D eigenvalue weighted by atomic mass is 10.4. The predicted octanol–water partition coefficient (Wildman–Crippen LogP) is 1.70. The Morgan fingerprint density at radius 1 is 1.43 bits per heavy atom. The smallest absolute Gasteiger partial charge is 0.350 e. The zero-order chi connectivity index (χ0) is 10.0. The van der Waals surface area contributed by atoms with Crippen molar-refractivity contribution in [3.8, 4) is 0 Å². The lowest BCUT2D eigenvalue weighted by Gasteiger charge is -1.94. The lowest BCUT2D eigenvalue weighted by molar-refractivity contribution is 0.524. The van der Waals surface area contributed by atoms with Gasteiger partial charge in [0.05, 0.1) is 9.73 Å². The molecular weight excluding hydrogens is 226 g/mol. The molecule has 2 rings (SSSR count). The molecule has 0 radical (unpaired) electrons. The van der Waals surface area contributed by atoms with Crippen LogP contribution in [0.1, 0.15) is 18.7 Å². The Labute approximate surface area is 87.0 Å². The second kappa shape index (κ2) is 3.86. The van der Waals surface area contributed by atoms with Crippen molar-refractivity contribution in [1.82, 2.24) is 10.2 Å². The van der Waals surface area contributed by atoms with Crippen LogP contribution in [0.15, 0.2) is 8.78 Å². The van der Waals surface area contributed by atoms with Gasteiger partial charge in [0, 0.05) is 11.5 Å². The van der Waals surface area contributed by atoms with Crippen LogP contribution in [0, 0.1) is 0 Å². The molecule has 0 amide bonds. The summed E-state index contributed by atoms with van der Waals surface area (Å²) in [5.74, 6) is 1.73. The van der Waals surface area contributed by atoms with Gasteiger partial charge < -0.3 is 4.42 Å². The molecule has 1 aliphatic heterocycles. The summed E-state index contributed by atoms with van der Waals surface area (Å²) >= 11 is 5.48. The van der Waals surface area contributed by atoms with E-state index in [0.29, 0.717) is 17.4 Å². The van der Waals surface area contributed by atoms with Gasteiger partial charge in [-0.05, 0) is 12.8 Å². The van der Waals surface area contributed by atoms with Gasteiger partial charge in [-0.1, -0.05) is 5.10 Å². The van der Waals surface area contributed by atoms with Crippen molar-refractivity contribution in [1.29, 1.82) is 0 Å². The topological polar surface area (TPSA) is 68.3 Å². The minimum absolute atomic E-state index is 0.0903. The van der Waals surface area contributed by atoms with Crippen molar-refractivity contribution < 1.29 is 8.63 Å². The van der Waals surface area contributed by atoms with E-state index in [-0.39, 0.29) is 11.9 Å². The Kier molecular flexibility index (Phi) is 2.73. The molecule has 2 heterocycles. The maximum atomic E-state index is 11.9. The third-order valence-electron chi connectivity index (χ3n) is 1.99. The highest BCUT2D eigenvalue weighted by Gasteiger charge is 2.18. The molecular formula is C7H10ClN3O2S. The first-order chi connectivity index (χ1) is 6.72. The molecule has 0 spiro atoms. The maximum Gasteiger partial charge on any atom is 0.350 e. The molecule has 1 aliphatic rings. The lowest BCUT2D eigenvalue weighted by Crippen LogP contribution is -1.99. The van der Waals surface area contributed by atoms with Crippen molar-refractivity contribution in [2.24, 2.45) is 4.36 Å². The van der Waals surface area contributed by atoms with Gasteiger partial charge >= 0.3 is 6.01 Å². The molecule has 0 saturated carbocycles. The van der Waals surface area contributed by atoms with Crippen LogP contribution < -0.4 is 0 Å². The van der Waals surface area contributed by atoms with Crippen molar-refractivity contribution in [3.63, 3.8) is 0 Å². The number of hydrogen-bond donors (Lipinski definition) is 0. The molecule has 7 heteroatoms. The van der Waals surface area contributed by atoms with E-state index in [9.17, 15) is 4.21 Å². The molecule has 1 aromatic heterocycles. The van der Waals surface area contributed by atoms with Gasteiger partial charge in [0.1, 0.15) is 5.88 Å². The fourth-order valence-corrected chi connectivity index (χ4v) is 3.49. The van der Waals surface area contributed by atoms with Crippen molar-refractivity contribution in [2.45, 2.75) is 18.7 Å². The molecule has 1 aromatic rings. The summed E-state index contributed by atoms with van der Waals surface area (Å²) in [6.07, 6.45) is 1.91. The van der Waals surface area contributed by atoms with E-state index in [1.165, 1.54) is 0 Å². The van der Waals surface area contributed by atoms with Crippen LogP contribution in [0.2, 0.25) is 0 Å². The van der Waals surface area contributed by atoms with Crippen LogP contribution in [-0.4, -0.2) is 25.9 Å². The number of aromatic nitrogens is 2. The normalized spacial score (nSPS) is 19.8. The highest BCUT2D eigenvalue weighted by Crippen LogP contribution is 2.19. The van der Waals surface area contributed by atoms with E-state index >= 15 is 0 Å².